The standard InChI is InChI=1S/C16H21N2O4P/c1-10(2)9-12-15(13-6-7-14(22-13)23(19,20)21)17-16-11(3)5-4-8-18(12)16/h4-8,10,12,16H,9H2,1-3H3,(H2,19,20,21). The quantitative estimate of drug-likeness (QED) is 0.825. The number of rotatable bonds is 4. The van der Waals surface area contributed by atoms with Crippen LogP contribution >= 0.6 is 7.60 Å². The van der Waals surface area contributed by atoms with Crippen molar-refractivity contribution in [2.45, 2.75) is 39.4 Å². The van der Waals surface area contributed by atoms with E-state index in [1.54, 1.807) is 6.07 Å². The van der Waals surface area contributed by atoms with Crippen LogP contribution in [0.4, 0.5) is 0 Å². The van der Waals surface area contributed by atoms with Crippen LogP contribution in [0, 0.1) is 5.92 Å². The molecular weight excluding hydrogens is 315 g/mol. The molecule has 1 aromatic heterocycles. The lowest BCUT2D eigenvalue weighted by Crippen LogP contribution is -2.38. The molecule has 0 bridgehead atoms. The lowest BCUT2D eigenvalue weighted by molar-refractivity contribution is 0.276. The van der Waals surface area contributed by atoms with Crippen molar-refractivity contribution in [1.82, 2.24) is 4.90 Å². The topological polar surface area (TPSA) is 86.3 Å². The molecular formula is C16H21N2O4P. The zero-order chi connectivity index (χ0) is 16.8. The average molecular weight is 336 g/mol. The monoisotopic (exact) mass is 336 g/mol. The van der Waals surface area contributed by atoms with Gasteiger partial charge in [0.1, 0.15) is 11.9 Å². The molecule has 0 saturated heterocycles. The first kappa shape index (κ1) is 16.2. The van der Waals surface area contributed by atoms with Gasteiger partial charge in [0.05, 0.1) is 6.04 Å². The van der Waals surface area contributed by atoms with Crippen LogP contribution in [-0.4, -0.2) is 32.6 Å². The maximum atomic E-state index is 11.4. The predicted octanol–water partition coefficient (Wildman–Crippen LogP) is 2.40. The summed E-state index contributed by atoms with van der Waals surface area (Å²) in [7, 11) is -4.39. The number of fused-ring (bicyclic) bond motifs is 1. The van der Waals surface area contributed by atoms with E-state index in [2.05, 4.69) is 18.7 Å². The van der Waals surface area contributed by atoms with Crippen molar-refractivity contribution < 1.29 is 18.8 Å². The Morgan fingerprint density at radius 3 is 2.74 bits per heavy atom. The zero-order valence-electron chi connectivity index (χ0n) is 13.4. The van der Waals surface area contributed by atoms with Gasteiger partial charge in [0.15, 0.2) is 5.76 Å². The molecule has 7 heteroatoms. The molecule has 23 heavy (non-hydrogen) atoms. The van der Waals surface area contributed by atoms with Crippen LogP contribution in [0.3, 0.4) is 0 Å². The molecule has 2 N–H and O–H groups in total. The molecule has 0 radical (unpaired) electrons. The fourth-order valence-electron chi connectivity index (χ4n) is 3.03. The first-order valence-corrected chi connectivity index (χ1v) is 9.25. The van der Waals surface area contributed by atoms with E-state index < -0.39 is 7.60 Å². The summed E-state index contributed by atoms with van der Waals surface area (Å²) in [6.45, 7) is 6.32. The summed E-state index contributed by atoms with van der Waals surface area (Å²) >= 11 is 0. The van der Waals surface area contributed by atoms with Gasteiger partial charge in [-0.1, -0.05) is 19.9 Å². The first-order chi connectivity index (χ1) is 10.8. The van der Waals surface area contributed by atoms with E-state index in [0.717, 1.165) is 17.7 Å². The van der Waals surface area contributed by atoms with Gasteiger partial charge in [-0.2, -0.15) is 0 Å². The van der Waals surface area contributed by atoms with Crippen molar-refractivity contribution in [3.63, 3.8) is 0 Å². The van der Waals surface area contributed by atoms with E-state index in [4.69, 9.17) is 9.41 Å². The number of furan rings is 1. The summed E-state index contributed by atoms with van der Waals surface area (Å²) in [6, 6.07) is 2.97. The number of nitrogens with zero attached hydrogens (tertiary/aromatic N) is 2. The highest BCUT2D eigenvalue weighted by Gasteiger charge is 2.38. The summed E-state index contributed by atoms with van der Waals surface area (Å²) in [5.74, 6) is 0.893. The number of hydrogen-bond donors (Lipinski definition) is 2. The van der Waals surface area contributed by atoms with Crippen LogP contribution in [-0.2, 0) is 4.57 Å². The molecule has 0 spiro atoms. The molecule has 2 atom stereocenters. The van der Waals surface area contributed by atoms with Gasteiger partial charge < -0.3 is 19.1 Å². The molecule has 0 aromatic carbocycles. The van der Waals surface area contributed by atoms with E-state index in [-0.39, 0.29) is 17.7 Å². The van der Waals surface area contributed by atoms with Gasteiger partial charge >= 0.3 is 7.60 Å². The third-order valence-electron chi connectivity index (χ3n) is 4.07. The second-order valence-corrected chi connectivity index (χ2v) is 7.94. The number of aliphatic imine (C=N–C) groups is 1. The van der Waals surface area contributed by atoms with Crippen LogP contribution in [0.15, 0.2) is 45.5 Å². The summed E-state index contributed by atoms with van der Waals surface area (Å²) < 4.78 is 16.8. The third kappa shape index (κ3) is 3.07. The van der Waals surface area contributed by atoms with Gasteiger partial charge in [-0.25, -0.2) is 0 Å². The molecule has 2 unspecified atom stereocenters. The Morgan fingerprint density at radius 2 is 2.13 bits per heavy atom. The molecule has 6 nitrogen and oxygen atoms in total. The van der Waals surface area contributed by atoms with Crippen LogP contribution in [0.5, 0.6) is 0 Å². The molecule has 2 aliphatic rings. The number of hydrogen-bond acceptors (Lipinski definition) is 4. The summed E-state index contributed by atoms with van der Waals surface area (Å²) in [5.41, 5.74) is 1.58. The van der Waals surface area contributed by atoms with E-state index in [9.17, 15) is 14.4 Å². The highest BCUT2D eigenvalue weighted by atomic mass is 31.2. The summed E-state index contributed by atoms with van der Waals surface area (Å²) in [6.07, 6.45) is 6.87. The van der Waals surface area contributed by atoms with E-state index in [0.29, 0.717) is 11.7 Å². The van der Waals surface area contributed by atoms with Crippen LogP contribution in [0.2, 0.25) is 0 Å². The lowest BCUT2D eigenvalue weighted by Gasteiger charge is -2.31. The van der Waals surface area contributed by atoms with Crippen molar-refractivity contribution in [2.75, 3.05) is 0 Å². The van der Waals surface area contributed by atoms with Gasteiger partial charge in [-0.05, 0) is 43.0 Å². The first-order valence-electron chi connectivity index (χ1n) is 7.64. The Bertz CT molecular complexity index is 741. The minimum Gasteiger partial charge on any atom is -0.447 e. The fraction of sp³-hybridized carbons (Fsp3) is 0.438. The third-order valence-corrected chi connectivity index (χ3v) is 4.88. The Labute approximate surface area is 135 Å². The molecule has 0 fully saturated rings. The average Bonchev–Trinajstić information content (AvgIpc) is 3.04. The Hall–Kier alpha value is -1.62. The predicted molar refractivity (Wildman–Crippen MR) is 88.7 cm³/mol. The minimum absolute atomic E-state index is 0.0377. The van der Waals surface area contributed by atoms with Crippen molar-refractivity contribution in [3.8, 4) is 0 Å². The lowest BCUT2D eigenvalue weighted by atomic mass is 9.97. The van der Waals surface area contributed by atoms with Crippen LogP contribution in [0.1, 0.15) is 33.0 Å². The zero-order valence-corrected chi connectivity index (χ0v) is 14.3. The number of allylic oxidation sites excluding steroid dienone is 2. The highest BCUT2D eigenvalue weighted by Crippen LogP contribution is 2.36. The van der Waals surface area contributed by atoms with Crippen molar-refractivity contribution in [3.05, 3.63) is 41.8 Å². The van der Waals surface area contributed by atoms with E-state index in [1.165, 1.54) is 6.07 Å². The maximum absolute atomic E-state index is 11.4. The van der Waals surface area contributed by atoms with Crippen molar-refractivity contribution in [2.24, 2.45) is 10.9 Å². The largest absolute Gasteiger partial charge is 0.447 e. The molecule has 124 valence electrons. The van der Waals surface area contributed by atoms with Gasteiger partial charge in [-0.3, -0.25) is 9.56 Å². The van der Waals surface area contributed by atoms with Gasteiger partial charge in [0.2, 0.25) is 5.50 Å². The van der Waals surface area contributed by atoms with Crippen molar-refractivity contribution in [1.29, 1.82) is 0 Å². The second kappa shape index (κ2) is 5.78. The van der Waals surface area contributed by atoms with Crippen LogP contribution in [0.25, 0.3) is 0 Å². The van der Waals surface area contributed by atoms with Crippen LogP contribution < -0.4 is 5.50 Å². The smallest absolute Gasteiger partial charge is 0.391 e. The highest BCUT2D eigenvalue weighted by molar-refractivity contribution is 7.59. The molecule has 2 aliphatic heterocycles. The summed E-state index contributed by atoms with van der Waals surface area (Å²) in [5, 5.41) is 0. The Kier molecular flexibility index (Phi) is 4.08. The normalized spacial score (nSPS) is 24.0. The minimum atomic E-state index is -4.39. The molecule has 0 amide bonds. The second-order valence-electron chi connectivity index (χ2n) is 6.41. The molecule has 3 rings (SSSR count). The van der Waals surface area contributed by atoms with E-state index in [1.807, 2.05) is 25.3 Å². The Morgan fingerprint density at radius 1 is 1.39 bits per heavy atom. The molecule has 0 saturated carbocycles. The molecule has 0 aliphatic carbocycles. The maximum Gasteiger partial charge on any atom is 0.391 e. The SMILES string of the molecule is CC1=CC=CN2C(CC(C)C)C(c3ccc(P(=O)(O)O)o3)=NC12. The Balaban J connectivity index is 1.99. The van der Waals surface area contributed by atoms with Gasteiger partial charge in [0, 0.05) is 6.20 Å². The fourth-order valence-corrected chi connectivity index (χ4v) is 3.51. The molecule has 3 heterocycles. The van der Waals surface area contributed by atoms with Crippen molar-refractivity contribution >= 4 is 18.8 Å². The van der Waals surface area contributed by atoms with E-state index >= 15 is 0 Å². The van der Waals surface area contributed by atoms with Gasteiger partial charge in [-0.15, -0.1) is 0 Å². The van der Waals surface area contributed by atoms with Gasteiger partial charge in [0.25, 0.3) is 0 Å². The molecule has 1 aromatic rings. The summed E-state index contributed by atoms with van der Waals surface area (Å²) in [4.78, 5) is 25.5.